The van der Waals surface area contributed by atoms with Crippen molar-refractivity contribution in [3.05, 3.63) is 65.9 Å². The van der Waals surface area contributed by atoms with Gasteiger partial charge in [0.2, 0.25) is 5.91 Å². The van der Waals surface area contributed by atoms with Crippen molar-refractivity contribution in [3.8, 4) is 0 Å². The number of rotatable bonds is 5. The zero-order chi connectivity index (χ0) is 20.3. The Hall–Kier alpha value is -3.15. The zero-order valence-corrected chi connectivity index (χ0v) is 16.6. The van der Waals surface area contributed by atoms with E-state index in [0.717, 1.165) is 35.7 Å². The molecule has 1 saturated heterocycles. The first-order valence-corrected chi connectivity index (χ1v) is 10.1. The summed E-state index contributed by atoms with van der Waals surface area (Å²) in [4.78, 5) is 27.5. The first kappa shape index (κ1) is 19.2. The summed E-state index contributed by atoms with van der Waals surface area (Å²) < 4.78 is 0. The first-order valence-electron chi connectivity index (χ1n) is 10.1. The van der Waals surface area contributed by atoms with Crippen molar-refractivity contribution in [3.63, 3.8) is 0 Å². The summed E-state index contributed by atoms with van der Waals surface area (Å²) in [6.07, 6.45) is 4.17. The molecule has 0 saturated carbocycles. The van der Waals surface area contributed by atoms with Crippen LogP contribution in [0.5, 0.6) is 0 Å². The van der Waals surface area contributed by atoms with E-state index in [1.54, 1.807) is 6.20 Å². The number of nitrogens with one attached hydrogen (secondary N) is 2. The Bertz CT molecular complexity index is 1010. The van der Waals surface area contributed by atoms with Crippen molar-refractivity contribution in [2.75, 3.05) is 19.6 Å². The largest absolute Gasteiger partial charge is 0.355 e. The van der Waals surface area contributed by atoms with Gasteiger partial charge in [-0.1, -0.05) is 30.3 Å². The molecule has 4 rings (SSSR count). The number of fused-ring (bicyclic) bond motifs is 1. The molecule has 3 aromatic rings. The highest BCUT2D eigenvalue weighted by Gasteiger charge is 2.39. The number of piperidine rings is 1. The summed E-state index contributed by atoms with van der Waals surface area (Å²) in [6.45, 7) is 3.68. The molecule has 0 radical (unpaired) electrons. The minimum Gasteiger partial charge on any atom is -0.355 e. The van der Waals surface area contributed by atoms with E-state index in [0.29, 0.717) is 25.2 Å². The van der Waals surface area contributed by atoms with E-state index in [4.69, 9.17) is 0 Å². The van der Waals surface area contributed by atoms with Gasteiger partial charge in [-0.2, -0.15) is 5.10 Å². The molecule has 1 aliphatic rings. The lowest BCUT2D eigenvalue weighted by molar-refractivity contribution is -0.132. The van der Waals surface area contributed by atoms with Crippen LogP contribution in [0.15, 0.2) is 54.7 Å². The quantitative estimate of drug-likeness (QED) is 0.702. The molecule has 1 fully saturated rings. The van der Waals surface area contributed by atoms with Gasteiger partial charge in [0.25, 0.3) is 5.91 Å². The Balaban J connectivity index is 1.35. The van der Waals surface area contributed by atoms with E-state index < -0.39 is 5.41 Å². The van der Waals surface area contributed by atoms with Gasteiger partial charge >= 0.3 is 0 Å². The van der Waals surface area contributed by atoms with E-state index in [1.807, 2.05) is 48.2 Å². The molecule has 1 aliphatic heterocycles. The maximum absolute atomic E-state index is 12.9. The Morgan fingerprint density at radius 1 is 1.21 bits per heavy atom. The Morgan fingerprint density at radius 3 is 2.86 bits per heavy atom. The fourth-order valence-electron chi connectivity index (χ4n) is 4.03. The fraction of sp³-hybridized carbons (Fsp3) is 0.348. The number of amides is 2. The summed E-state index contributed by atoms with van der Waals surface area (Å²) in [5, 5.41) is 11.2. The second-order valence-electron chi connectivity index (χ2n) is 8.05. The topological polar surface area (TPSA) is 78.1 Å². The average molecular weight is 390 g/mol. The normalized spacial score (nSPS) is 19.3. The molecular weight excluding hydrogens is 364 g/mol. The third-order valence-electron chi connectivity index (χ3n) is 5.76. The highest BCUT2D eigenvalue weighted by atomic mass is 16.2. The summed E-state index contributed by atoms with van der Waals surface area (Å²) in [5.41, 5.74) is 2.27. The van der Waals surface area contributed by atoms with Crippen molar-refractivity contribution < 1.29 is 9.59 Å². The fourth-order valence-corrected chi connectivity index (χ4v) is 4.03. The van der Waals surface area contributed by atoms with Crippen molar-refractivity contribution in [1.82, 2.24) is 20.4 Å². The first-order chi connectivity index (χ1) is 14.0. The summed E-state index contributed by atoms with van der Waals surface area (Å²) in [5.74, 6) is 0.0165. The van der Waals surface area contributed by atoms with Crippen LogP contribution in [0.3, 0.4) is 0 Å². The third-order valence-corrected chi connectivity index (χ3v) is 5.76. The lowest BCUT2D eigenvalue weighted by Gasteiger charge is -2.39. The van der Waals surface area contributed by atoms with Crippen LogP contribution in [-0.4, -0.2) is 46.5 Å². The number of hydrogen-bond donors (Lipinski definition) is 2. The van der Waals surface area contributed by atoms with Gasteiger partial charge in [-0.15, -0.1) is 0 Å². The molecule has 150 valence electrons. The number of nitrogens with zero attached hydrogens (tertiary/aromatic N) is 2. The lowest BCUT2D eigenvalue weighted by atomic mass is 9.80. The standard InChI is InChI=1S/C23H26N4O2/c1-23(11-5-13-27(16-23)21(28)18-6-3-2-4-7-18)22(29)24-12-10-17-8-9-19-15-25-26-20(19)14-17/h2-4,6-9,14-15H,5,10-13,16H2,1H3,(H,24,29)(H,25,26). The smallest absolute Gasteiger partial charge is 0.253 e. The molecule has 0 spiro atoms. The van der Waals surface area contributed by atoms with E-state index in [9.17, 15) is 9.59 Å². The van der Waals surface area contributed by atoms with Gasteiger partial charge in [0.15, 0.2) is 0 Å². The van der Waals surface area contributed by atoms with Crippen molar-refractivity contribution >= 4 is 22.7 Å². The van der Waals surface area contributed by atoms with Crippen molar-refractivity contribution in [2.45, 2.75) is 26.2 Å². The minimum atomic E-state index is -0.560. The number of H-pyrrole nitrogens is 1. The van der Waals surface area contributed by atoms with E-state index in [-0.39, 0.29) is 11.8 Å². The van der Waals surface area contributed by atoms with E-state index in [1.165, 1.54) is 0 Å². The van der Waals surface area contributed by atoms with Gasteiger partial charge < -0.3 is 10.2 Å². The lowest BCUT2D eigenvalue weighted by Crippen LogP contribution is -2.52. The van der Waals surface area contributed by atoms with Gasteiger partial charge in [0.05, 0.1) is 17.1 Å². The van der Waals surface area contributed by atoms with Crippen LogP contribution in [-0.2, 0) is 11.2 Å². The molecule has 6 heteroatoms. The molecule has 2 N–H and O–H groups in total. The molecule has 2 amide bonds. The van der Waals surface area contributed by atoms with Crippen molar-refractivity contribution in [1.29, 1.82) is 0 Å². The SMILES string of the molecule is CC1(C(=O)NCCc2ccc3cn[nH]c3c2)CCCN(C(=O)c2ccccc2)C1. The Morgan fingerprint density at radius 2 is 2.03 bits per heavy atom. The summed E-state index contributed by atoms with van der Waals surface area (Å²) in [6, 6.07) is 15.4. The van der Waals surface area contributed by atoms with Crippen LogP contribution < -0.4 is 5.32 Å². The third kappa shape index (κ3) is 4.16. The van der Waals surface area contributed by atoms with Crippen LogP contribution in [0, 0.1) is 5.41 Å². The van der Waals surface area contributed by atoms with Gasteiger partial charge in [-0.05, 0) is 49.9 Å². The van der Waals surface area contributed by atoms with Crippen LogP contribution in [0.25, 0.3) is 10.9 Å². The minimum absolute atomic E-state index is 0.00261. The molecule has 0 bridgehead atoms. The number of likely N-dealkylation sites (tertiary alicyclic amines) is 1. The molecule has 1 atom stereocenters. The monoisotopic (exact) mass is 390 g/mol. The molecule has 2 heterocycles. The second kappa shape index (κ2) is 8.07. The van der Waals surface area contributed by atoms with Crippen LogP contribution >= 0.6 is 0 Å². The van der Waals surface area contributed by atoms with Gasteiger partial charge in [-0.25, -0.2) is 0 Å². The highest BCUT2D eigenvalue weighted by Crippen LogP contribution is 2.30. The number of carbonyl (C=O) groups is 2. The maximum atomic E-state index is 12.9. The molecular formula is C23H26N4O2. The number of carbonyl (C=O) groups excluding carboxylic acids is 2. The van der Waals surface area contributed by atoms with Gasteiger partial charge in [-0.3, -0.25) is 14.7 Å². The number of benzene rings is 2. The number of hydrogen-bond acceptors (Lipinski definition) is 3. The van der Waals surface area contributed by atoms with E-state index in [2.05, 4.69) is 27.6 Å². The Kier molecular flexibility index (Phi) is 5.34. The molecule has 29 heavy (non-hydrogen) atoms. The summed E-state index contributed by atoms with van der Waals surface area (Å²) in [7, 11) is 0. The molecule has 0 aliphatic carbocycles. The number of aromatic nitrogens is 2. The summed E-state index contributed by atoms with van der Waals surface area (Å²) >= 11 is 0. The van der Waals surface area contributed by atoms with Crippen LogP contribution in [0.4, 0.5) is 0 Å². The van der Waals surface area contributed by atoms with Gasteiger partial charge in [0, 0.05) is 30.6 Å². The predicted molar refractivity (Wildman–Crippen MR) is 112 cm³/mol. The van der Waals surface area contributed by atoms with E-state index >= 15 is 0 Å². The molecule has 1 unspecified atom stereocenters. The van der Waals surface area contributed by atoms with Crippen LogP contribution in [0.1, 0.15) is 35.7 Å². The zero-order valence-electron chi connectivity index (χ0n) is 16.6. The predicted octanol–water partition coefficient (Wildman–Crippen LogP) is 3.16. The van der Waals surface area contributed by atoms with Crippen LogP contribution in [0.2, 0.25) is 0 Å². The second-order valence-corrected chi connectivity index (χ2v) is 8.05. The Labute approximate surface area is 170 Å². The maximum Gasteiger partial charge on any atom is 0.253 e. The average Bonchev–Trinajstić information content (AvgIpc) is 3.22. The molecule has 6 nitrogen and oxygen atoms in total. The van der Waals surface area contributed by atoms with Gasteiger partial charge in [0.1, 0.15) is 0 Å². The number of aromatic amines is 1. The highest BCUT2D eigenvalue weighted by molar-refractivity contribution is 5.95. The molecule has 1 aromatic heterocycles. The molecule has 2 aromatic carbocycles. The van der Waals surface area contributed by atoms with Crippen molar-refractivity contribution in [2.24, 2.45) is 5.41 Å².